The SMILES string of the molecule is CC1CC(N)CCN1c1ncc(C#N)cc1[N+](=O)[O-]. The maximum atomic E-state index is 11.1. The number of hydrogen-bond acceptors (Lipinski definition) is 6. The Labute approximate surface area is 110 Å². The van der Waals surface area contributed by atoms with E-state index in [0.717, 1.165) is 12.8 Å². The van der Waals surface area contributed by atoms with Crippen LogP contribution in [0.5, 0.6) is 0 Å². The third kappa shape index (κ3) is 2.63. The first-order chi connectivity index (χ1) is 9.02. The fourth-order valence-electron chi connectivity index (χ4n) is 2.39. The van der Waals surface area contributed by atoms with E-state index in [4.69, 9.17) is 11.0 Å². The van der Waals surface area contributed by atoms with Crippen molar-refractivity contribution < 1.29 is 4.92 Å². The van der Waals surface area contributed by atoms with Gasteiger partial charge in [-0.2, -0.15) is 5.26 Å². The van der Waals surface area contributed by atoms with Crippen LogP contribution in [0.1, 0.15) is 25.3 Å². The highest BCUT2D eigenvalue weighted by Crippen LogP contribution is 2.31. The van der Waals surface area contributed by atoms with Gasteiger partial charge in [-0.15, -0.1) is 0 Å². The predicted molar refractivity (Wildman–Crippen MR) is 69.6 cm³/mol. The second kappa shape index (κ2) is 5.20. The number of nitrogens with two attached hydrogens (primary N) is 1. The molecule has 2 heterocycles. The standard InChI is InChI=1S/C12H15N5O2/c1-8-4-10(14)2-3-16(8)12-11(17(18)19)5-9(6-13)7-15-12/h5,7-8,10H,2-4,14H2,1H3. The summed E-state index contributed by atoms with van der Waals surface area (Å²) >= 11 is 0. The second-order valence-corrected chi connectivity index (χ2v) is 4.76. The molecule has 7 nitrogen and oxygen atoms in total. The minimum absolute atomic E-state index is 0.0999. The topological polar surface area (TPSA) is 109 Å². The Morgan fingerprint density at radius 1 is 1.68 bits per heavy atom. The number of rotatable bonds is 2. The Balaban J connectivity index is 2.39. The van der Waals surface area contributed by atoms with Gasteiger partial charge < -0.3 is 10.6 Å². The van der Waals surface area contributed by atoms with Crippen LogP contribution < -0.4 is 10.6 Å². The lowest BCUT2D eigenvalue weighted by Gasteiger charge is -2.36. The number of nitrogens with zero attached hydrogens (tertiary/aromatic N) is 4. The normalized spacial score (nSPS) is 22.9. The van der Waals surface area contributed by atoms with E-state index in [1.807, 2.05) is 17.9 Å². The summed E-state index contributed by atoms with van der Waals surface area (Å²) in [7, 11) is 0. The zero-order chi connectivity index (χ0) is 14.0. The summed E-state index contributed by atoms with van der Waals surface area (Å²) in [6.45, 7) is 2.62. The summed E-state index contributed by atoms with van der Waals surface area (Å²) < 4.78 is 0. The molecule has 2 atom stereocenters. The maximum absolute atomic E-state index is 11.1. The quantitative estimate of drug-likeness (QED) is 0.632. The highest BCUT2D eigenvalue weighted by atomic mass is 16.6. The number of anilines is 1. The molecule has 100 valence electrons. The lowest BCUT2D eigenvalue weighted by atomic mass is 9.99. The van der Waals surface area contributed by atoms with Gasteiger partial charge in [-0.25, -0.2) is 4.98 Å². The van der Waals surface area contributed by atoms with Gasteiger partial charge in [0.05, 0.1) is 10.5 Å². The van der Waals surface area contributed by atoms with Gasteiger partial charge in [0.25, 0.3) is 0 Å². The number of aromatic nitrogens is 1. The Morgan fingerprint density at radius 2 is 2.42 bits per heavy atom. The summed E-state index contributed by atoms with van der Waals surface area (Å²) in [5.74, 6) is 0.323. The molecule has 1 aliphatic rings. The van der Waals surface area contributed by atoms with Crippen LogP contribution in [0.15, 0.2) is 12.3 Å². The second-order valence-electron chi connectivity index (χ2n) is 4.76. The summed E-state index contributed by atoms with van der Waals surface area (Å²) in [6, 6.07) is 3.36. The van der Waals surface area contributed by atoms with Gasteiger partial charge >= 0.3 is 5.69 Å². The fraction of sp³-hybridized carbons (Fsp3) is 0.500. The molecule has 1 aromatic rings. The van der Waals surface area contributed by atoms with Crippen LogP contribution in [0.25, 0.3) is 0 Å². The first-order valence-electron chi connectivity index (χ1n) is 6.09. The molecule has 7 heteroatoms. The average Bonchev–Trinajstić information content (AvgIpc) is 2.38. The van der Waals surface area contributed by atoms with Gasteiger partial charge in [-0.1, -0.05) is 0 Å². The van der Waals surface area contributed by atoms with E-state index in [2.05, 4.69) is 4.98 Å². The molecule has 0 spiro atoms. The Kier molecular flexibility index (Phi) is 3.62. The third-order valence-corrected chi connectivity index (χ3v) is 3.36. The molecule has 1 fully saturated rings. The van der Waals surface area contributed by atoms with Crippen molar-refractivity contribution >= 4 is 11.5 Å². The molecule has 1 saturated heterocycles. The minimum atomic E-state index is -0.496. The summed E-state index contributed by atoms with van der Waals surface area (Å²) in [5, 5.41) is 19.9. The Morgan fingerprint density at radius 3 is 3.00 bits per heavy atom. The molecule has 1 aliphatic heterocycles. The Hall–Kier alpha value is -2.20. The monoisotopic (exact) mass is 261 g/mol. The third-order valence-electron chi connectivity index (χ3n) is 3.36. The zero-order valence-corrected chi connectivity index (χ0v) is 10.6. The summed E-state index contributed by atoms with van der Waals surface area (Å²) in [5.41, 5.74) is 5.95. The van der Waals surface area contributed by atoms with Crippen molar-refractivity contribution in [2.24, 2.45) is 5.73 Å². The molecular formula is C12H15N5O2. The zero-order valence-electron chi connectivity index (χ0n) is 10.6. The van der Waals surface area contributed by atoms with Crippen LogP contribution in [-0.4, -0.2) is 28.5 Å². The van der Waals surface area contributed by atoms with Crippen molar-refractivity contribution in [2.45, 2.75) is 31.8 Å². The summed E-state index contributed by atoms with van der Waals surface area (Å²) in [4.78, 5) is 16.6. The van der Waals surface area contributed by atoms with Gasteiger partial charge in [-0.05, 0) is 19.8 Å². The van der Waals surface area contributed by atoms with Crippen molar-refractivity contribution in [3.8, 4) is 6.07 Å². The molecule has 0 amide bonds. The van der Waals surface area contributed by atoms with Crippen molar-refractivity contribution in [3.05, 3.63) is 27.9 Å². The number of hydrogen-bond donors (Lipinski definition) is 1. The first-order valence-corrected chi connectivity index (χ1v) is 6.09. The molecule has 1 aromatic heterocycles. The van der Waals surface area contributed by atoms with E-state index >= 15 is 0 Å². The lowest BCUT2D eigenvalue weighted by Crippen LogP contribution is -2.46. The van der Waals surface area contributed by atoms with Crippen LogP contribution in [0.4, 0.5) is 11.5 Å². The molecule has 0 aromatic carbocycles. The van der Waals surface area contributed by atoms with Crippen molar-refractivity contribution in [3.63, 3.8) is 0 Å². The molecule has 0 saturated carbocycles. The fourth-order valence-corrected chi connectivity index (χ4v) is 2.39. The van der Waals surface area contributed by atoms with Crippen LogP contribution in [-0.2, 0) is 0 Å². The smallest absolute Gasteiger partial charge is 0.312 e. The van der Waals surface area contributed by atoms with E-state index in [0.29, 0.717) is 12.4 Å². The Bertz CT molecular complexity index is 539. The van der Waals surface area contributed by atoms with Crippen LogP contribution in [0, 0.1) is 21.4 Å². The van der Waals surface area contributed by atoms with Crippen molar-refractivity contribution in [1.82, 2.24) is 4.98 Å². The highest BCUT2D eigenvalue weighted by molar-refractivity contribution is 5.60. The molecule has 0 bridgehead atoms. The van der Waals surface area contributed by atoms with E-state index in [1.165, 1.54) is 12.3 Å². The lowest BCUT2D eigenvalue weighted by molar-refractivity contribution is -0.384. The van der Waals surface area contributed by atoms with Gasteiger partial charge in [0.15, 0.2) is 0 Å². The van der Waals surface area contributed by atoms with E-state index < -0.39 is 4.92 Å². The van der Waals surface area contributed by atoms with Crippen LogP contribution in [0.2, 0.25) is 0 Å². The molecule has 19 heavy (non-hydrogen) atoms. The molecule has 0 radical (unpaired) electrons. The van der Waals surface area contributed by atoms with E-state index in [9.17, 15) is 10.1 Å². The number of pyridine rings is 1. The number of piperidine rings is 1. The van der Waals surface area contributed by atoms with Crippen molar-refractivity contribution in [2.75, 3.05) is 11.4 Å². The summed E-state index contributed by atoms with van der Waals surface area (Å²) in [6.07, 6.45) is 2.92. The van der Waals surface area contributed by atoms with Gasteiger partial charge in [-0.3, -0.25) is 10.1 Å². The molecule has 2 N–H and O–H groups in total. The highest BCUT2D eigenvalue weighted by Gasteiger charge is 2.29. The van der Waals surface area contributed by atoms with E-state index in [1.54, 1.807) is 0 Å². The molecule has 2 unspecified atom stereocenters. The van der Waals surface area contributed by atoms with Crippen LogP contribution in [0.3, 0.4) is 0 Å². The minimum Gasteiger partial charge on any atom is -0.348 e. The molecule has 0 aliphatic carbocycles. The first kappa shape index (κ1) is 13.2. The number of nitriles is 1. The van der Waals surface area contributed by atoms with Gasteiger partial charge in [0.1, 0.15) is 6.07 Å². The number of nitro groups is 1. The van der Waals surface area contributed by atoms with Crippen molar-refractivity contribution in [1.29, 1.82) is 5.26 Å². The molecule has 2 rings (SSSR count). The van der Waals surface area contributed by atoms with Crippen LogP contribution >= 0.6 is 0 Å². The van der Waals surface area contributed by atoms with Gasteiger partial charge in [0, 0.05) is 30.9 Å². The largest absolute Gasteiger partial charge is 0.348 e. The van der Waals surface area contributed by atoms with Gasteiger partial charge in [0.2, 0.25) is 5.82 Å². The maximum Gasteiger partial charge on any atom is 0.312 e. The van der Waals surface area contributed by atoms with E-state index in [-0.39, 0.29) is 23.3 Å². The predicted octanol–water partition coefficient (Wildman–Crippen LogP) is 1.18. The molecular weight excluding hydrogens is 246 g/mol. The average molecular weight is 261 g/mol.